The third-order valence-corrected chi connectivity index (χ3v) is 1.94. The fourth-order valence-corrected chi connectivity index (χ4v) is 1.23. The minimum absolute atomic E-state index is 0.103. The van der Waals surface area contributed by atoms with Gasteiger partial charge in [-0.1, -0.05) is 0 Å². The van der Waals surface area contributed by atoms with Crippen molar-refractivity contribution in [1.29, 1.82) is 5.26 Å². The van der Waals surface area contributed by atoms with E-state index in [1.54, 1.807) is 6.07 Å². The van der Waals surface area contributed by atoms with E-state index in [4.69, 9.17) is 10.00 Å². The number of halogens is 2. The van der Waals surface area contributed by atoms with Crippen LogP contribution in [0.3, 0.4) is 0 Å². The number of alkyl halides is 2. The van der Waals surface area contributed by atoms with Crippen LogP contribution < -0.4 is 4.74 Å². The second-order valence-electron chi connectivity index (χ2n) is 2.95. The highest BCUT2D eigenvalue weighted by atomic mass is 19.3. The Labute approximate surface area is 94.6 Å². The van der Waals surface area contributed by atoms with Gasteiger partial charge in [0, 0.05) is 11.6 Å². The first kappa shape index (κ1) is 12.8. The molecule has 0 aliphatic carbocycles. The average Bonchev–Trinajstić information content (AvgIpc) is 2.28. The Balaban J connectivity index is 3.43. The number of hydrogen-bond acceptors (Lipinski definition) is 5. The summed E-state index contributed by atoms with van der Waals surface area (Å²) < 4.78 is 29.8. The first-order chi connectivity index (χ1) is 8.01. The van der Waals surface area contributed by atoms with Crippen molar-refractivity contribution in [2.24, 2.45) is 0 Å². The molecule has 0 aliphatic rings. The molecule has 0 N–H and O–H groups in total. The van der Waals surface area contributed by atoms with Gasteiger partial charge in [0.25, 0.3) is 12.1 Å². The van der Waals surface area contributed by atoms with E-state index in [0.29, 0.717) is 0 Å². The summed E-state index contributed by atoms with van der Waals surface area (Å²) >= 11 is 0. The van der Waals surface area contributed by atoms with Gasteiger partial charge in [-0.3, -0.25) is 10.1 Å². The maximum Gasteiger partial charge on any atom is 0.297 e. The van der Waals surface area contributed by atoms with Gasteiger partial charge in [0.2, 0.25) is 5.88 Å². The molecule has 1 heterocycles. The number of nitriles is 1. The third kappa shape index (κ3) is 2.63. The smallest absolute Gasteiger partial charge is 0.297 e. The van der Waals surface area contributed by atoms with Crippen LogP contribution >= 0.6 is 0 Å². The summed E-state index contributed by atoms with van der Waals surface area (Å²) in [5, 5.41) is 19.1. The predicted molar refractivity (Wildman–Crippen MR) is 51.7 cm³/mol. The van der Waals surface area contributed by atoms with Crippen LogP contribution in [0.25, 0.3) is 0 Å². The van der Waals surface area contributed by atoms with Gasteiger partial charge in [-0.15, -0.1) is 0 Å². The molecule has 90 valence electrons. The van der Waals surface area contributed by atoms with Gasteiger partial charge in [-0.05, 0) is 0 Å². The zero-order valence-electron chi connectivity index (χ0n) is 8.68. The Kier molecular flexibility index (Phi) is 3.87. The van der Waals surface area contributed by atoms with Crippen LogP contribution in [0.15, 0.2) is 6.07 Å². The highest BCUT2D eigenvalue weighted by Crippen LogP contribution is 2.31. The van der Waals surface area contributed by atoms with E-state index in [1.165, 1.54) is 7.11 Å². The number of pyridine rings is 1. The minimum atomic E-state index is -3.08. The lowest BCUT2D eigenvalue weighted by Gasteiger charge is -2.07. The Hall–Kier alpha value is -2.30. The van der Waals surface area contributed by atoms with Crippen LogP contribution in [0.2, 0.25) is 0 Å². The SMILES string of the molecule is COc1nc(C(F)F)c([N+](=O)[O-])cc1CC#N. The van der Waals surface area contributed by atoms with Crippen LogP contribution in [0.1, 0.15) is 17.7 Å². The van der Waals surface area contributed by atoms with Crippen molar-refractivity contribution < 1.29 is 18.4 Å². The van der Waals surface area contributed by atoms with E-state index < -0.39 is 22.7 Å². The number of rotatable bonds is 4. The zero-order valence-corrected chi connectivity index (χ0v) is 8.68. The molecule has 0 amide bonds. The number of methoxy groups -OCH3 is 1. The molecule has 0 aliphatic heterocycles. The number of hydrogen-bond donors (Lipinski definition) is 0. The van der Waals surface area contributed by atoms with Crippen molar-refractivity contribution in [3.8, 4) is 11.9 Å². The Morgan fingerprint density at radius 2 is 2.35 bits per heavy atom. The number of aromatic nitrogens is 1. The summed E-state index contributed by atoms with van der Waals surface area (Å²) in [6.45, 7) is 0. The van der Waals surface area contributed by atoms with Crippen LogP contribution in [0, 0.1) is 21.4 Å². The molecule has 0 aromatic carbocycles. The molecule has 0 atom stereocenters. The van der Waals surface area contributed by atoms with Crippen molar-refractivity contribution in [3.05, 3.63) is 27.4 Å². The van der Waals surface area contributed by atoms with Crippen LogP contribution in [-0.4, -0.2) is 17.0 Å². The molecule has 0 saturated heterocycles. The molecule has 0 radical (unpaired) electrons. The lowest BCUT2D eigenvalue weighted by atomic mass is 10.1. The Morgan fingerprint density at radius 3 is 2.76 bits per heavy atom. The molecule has 0 saturated carbocycles. The van der Waals surface area contributed by atoms with E-state index in [2.05, 4.69) is 4.98 Å². The molecule has 1 rings (SSSR count). The molecular weight excluding hydrogens is 236 g/mol. The molecule has 0 bridgehead atoms. The Bertz CT molecular complexity index is 485. The van der Waals surface area contributed by atoms with E-state index in [-0.39, 0.29) is 17.9 Å². The number of nitrogens with zero attached hydrogens (tertiary/aromatic N) is 3. The molecular formula is C9H7F2N3O3. The molecule has 1 aromatic rings. The highest BCUT2D eigenvalue weighted by molar-refractivity contribution is 5.45. The monoisotopic (exact) mass is 243 g/mol. The van der Waals surface area contributed by atoms with Gasteiger partial charge in [0.05, 0.1) is 24.5 Å². The lowest BCUT2D eigenvalue weighted by Crippen LogP contribution is -2.04. The normalized spacial score (nSPS) is 10.1. The van der Waals surface area contributed by atoms with Gasteiger partial charge >= 0.3 is 0 Å². The number of ether oxygens (including phenoxy) is 1. The standard InChI is InChI=1S/C9H7F2N3O3/c1-17-9-5(2-3-12)4-6(14(15)16)7(13-9)8(10)11/h4,8H,2H2,1H3. The van der Waals surface area contributed by atoms with Crippen molar-refractivity contribution in [1.82, 2.24) is 4.98 Å². The zero-order chi connectivity index (χ0) is 13.0. The summed E-state index contributed by atoms with van der Waals surface area (Å²) in [6.07, 6.45) is -3.29. The maximum atomic E-state index is 12.5. The van der Waals surface area contributed by atoms with E-state index >= 15 is 0 Å². The quantitative estimate of drug-likeness (QED) is 0.596. The Morgan fingerprint density at radius 1 is 1.71 bits per heavy atom. The largest absolute Gasteiger partial charge is 0.481 e. The van der Waals surface area contributed by atoms with Gasteiger partial charge in [-0.2, -0.15) is 5.26 Å². The molecule has 0 fully saturated rings. The van der Waals surface area contributed by atoms with Crippen LogP contribution in [0.4, 0.5) is 14.5 Å². The molecule has 0 spiro atoms. The molecule has 1 aromatic heterocycles. The van der Waals surface area contributed by atoms with Crippen molar-refractivity contribution in [2.75, 3.05) is 7.11 Å². The van der Waals surface area contributed by atoms with Gasteiger partial charge in [0.15, 0.2) is 5.69 Å². The summed E-state index contributed by atoms with van der Waals surface area (Å²) in [7, 11) is 1.18. The average molecular weight is 243 g/mol. The lowest BCUT2D eigenvalue weighted by molar-refractivity contribution is -0.386. The van der Waals surface area contributed by atoms with Gasteiger partial charge in [-0.25, -0.2) is 13.8 Å². The molecule has 6 nitrogen and oxygen atoms in total. The molecule has 0 unspecified atom stereocenters. The fourth-order valence-electron chi connectivity index (χ4n) is 1.23. The van der Waals surface area contributed by atoms with E-state index in [1.807, 2.05) is 0 Å². The fraction of sp³-hybridized carbons (Fsp3) is 0.333. The minimum Gasteiger partial charge on any atom is -0.481 e. The van der Waals surface area contributed by atoms with Crippen molar-refractivity contribution in [3.63, 3.8) is 0 Å². The second kappa shape index (κ2) is 5.16. The summed E-state index contributed by atoms with van der Waals surface area (Å²) in [6, 6.07) is 2.63. The second-order valence-corrected chi connectivity index (χ2v) is 2.95. The van der Waals surface area contributed by atoms with Crippen LogP contribution in [-0.2, 0) is 6.42 Å². The highest BCUT2D eigenvalue weighted by Gasteiger charge is 2.26. The topological polar surface area (TPSA) is 89.1 Å². The third-order valence-electron chi connectivity index (χ3n) is 1.94. The van der Waals surface area contributed by atoms with Crippen molar-refractivity contribution >= 4 is 5.69 Å². The first-order valence-corrected chi connectivity index (χ1v) is 4.38. The van der Waals surface area contributed by atoms with E-state index in [9.17, 15) is 18.9 Å². The predicted octanol–water partition coefficient (Wildman–Crippen LogP) is 2.00. The van der Waals surface area contributed by atoms with Crippen LogP contribution in [0.5, 0.6) is 5.88 Å². The summed E-state index contributed by atoms with van der Waals surface area (Å²) in [5.41, 5.74) is -1.68. The summed E-state index contributed by atoms with van der Waals surface area (Å²) in [4.78, 5) is 13.0. The molecule has 17 heavy (non-hydrogen) atoms. The van der Waals surface area contributed by atoms with Crippen molar-refractivity contribution in [2.45, 2.75) is 12.8 Å². The van der Waals surface area contributed by atoms with Gasteiger partial charge < -0.3 is 4.74 Å². The van der Waals surface area contributed by atoms with Gasteiger partial charge in [0.1, 0.15) is 0 Å². The van der Waals surface area contributed by atoms with E-state index in [0.717, 1.165) is 6.07 Å². The summed E-state index contributed by atoms with van der Waals surface area (Å²) in [5.74, 6) is -0.201. The molecule has 8 heteroatoms. The first-order valence-electron chi connectivity index (χ1n) is 4.38. The number of nitro groups is 1. The maximum absolute atomic E-state index is 12.5.